The lowest BCUT2D eigenvalue weighted by molar-refractivity contribution is 0.612. The van der Waals surface area contributed by atoms with Crippen LogP contribution in [0.25, 0.3) is 22.3 Å². The summed E-state index contributed by atoms with van der Waals surface area (Å²) in [6, 6.07) is 10.7. The second-order valence-corrected chi connectivity index (χ2v) is 4.87. The van der Waals surface area contributed by atoms with Crippen LogP contribution in [0.1, 0.15) is 12.5 Å². The molecule has 2 aromatic carbocycles. The zero-order chi connectivity index (χ0) is 14.8. The monoisotopic (exact) mass is 287 g/mol. The fourth-order valence-electron chi connectivity index (χ4n) is 2.36. The summed E-state index contributed by atoms with van der Waals surface area (Å²) in [5.41, 5.74) is 2.25. The molecule has 0 aliphatic carbocycles. The summed E-state index contributed by atoms with van der Waals surface area (Å²) >= 11 is 0. The van der Waals surface area contributed by atoms with Crippen LogP contribution in [-0.2, 0) is 6.54 Å². The fraction of sp³-hybridized carbons (Fsp3) is 0.176. The maximum absolute atomic E-state index is 13.4. The molecule has 108 valence electrons. The van der Waals surface area contributed by atoms with Gasteiger partial charge in [-0.1, -0.05) is 6.92 Å². The molecule has 0 saturated heterocycles. The molecule has 0 atom stereocenters. The highest BCUT2D eigenvalue weighted by Gasteiger charge is 2.12. The van der Waals surface area contributed by atoms with E-state index < -0.39 is 0 Å². The molecule has 0 aliphatic rings. The van der Waals surface area contributed by atoms with Crippen molar-refractivity contribution in [3.05, 3.63) is 59.7 Å². The van der Waals surface area contributed by atoms with Crippen LogP contribution < -0.4 is 5.32 Å². The highest BCUT2D eigenvalue weighted by Crippen LogP contribution is 2.31. The van der Waals surface area contributed by atoms with Gasteiger partial charge in [-0.25, -0.2) is 8.78 Å². The molecule has 0 saturated carbocycles. The van der Waals surface area contributed by atoms with Gasteiger partial charge >= 0.3 is 0 Å². The maximum Gasteiger partial charge on any atom is 0.135 e. The van der Waals surface area contributed by atoms with Crippen LogP contribution in [-0.4, -0.2) is 6.54 Å². The van der Waals surface area contributed by atoms with E-state index in [0.717, 1.165) is 17.7 Å². The SMILES string of the molecule is CCNCc1cc(F)ccc1-c1cc2cc(F)ccc2o1. The van der Waals surface area contributed by atoms with Gasteiger partial charge in [0.15, 0.2) is 0 Å². The molecule has 3 aromatic rings. The van der Waals surface area contributed by atoms with Crippen molar-refractivity contribution in [3.8, 4) is 11.3 Å². The van der Waals surface area contributed by atoms with Crippen molar-refractivity contribution in [2.45, 2.75) is 13.5 Å². The zero-order valence-corrected chi connectivity index (χ0v) is 11.6. The Labute approximate surface area is 121 Å². The van der Waals surface area contributed by atoms with Crippen molar-refractivity contribution < 1.29 is 13.2 Å². The van der Waals surface area contributed by atoms with E-state index in [-0.39, 0.29) is 11.6 Å². The lowest BCUT2D eigenvalue weighted by Gasteiger charge is -2.08. The van der Waals surface area contributed by atoms with Gasteiger partial charge in [0, 0.05) is 17.5 Å². The van der Waals surface area contributed by atoms with Crippen molar-refractivity contribution in [1.82, 2.24) is 5.32 Å². The zero-order valence-electron chi connectivity index (χ0n) is 11.6. The minimum atomic E-state index is -0.304. The summed E-state index contributed by atoms with van der Waals surface area (Å²) in [6.45, 7) is 3.33. The third-order valence-corrected chi connectivity index (χ3v) is 3.38. The van der Waals surface area contributed by atoms with Crippen molar-refractivity contribution in [1.29, 1.82) is 0 Å². The van der Waals surface area contributed by atoms with Crippen LogP contribution in [0, 0.1) is 11.6 Å². The summed E-state index contributed by atoms with van der Waals surface area (Å²) in [5, 5.41) is 3.87. The molecule has 0 fully saturated rings. The van der Waals surface area contributed by atoms with Gasteiger partial charge in [0.25, 0.3) is 0 Å². The summed E-state index contributed by atoms with van der Waals surface area (Å²) in [7, 11) is 0. The molecule has 0 unspecified atom stereocenters. The van der Waals surface area contributed by atoms with Crippen LogP contribution >= 0.6 is 0 Å². The van der Waals surface area contributed by atoms with E-state index in [0.29, 0.717) is 23.3 Å². The van der Waals surface area contributed by atoms with Crippen LogP contribution in [0.2, 0.25) is 0 Å². The van der Waals surface area contributed by atoms with Gasteiger partial charge in [0.05, 0.1) is 0 Å². The van der Waals surface area contributed by atoms with Gasteiger partial charge in [-0.15, -0.1) is 0 Å². The molecule has 0 bridgehead atoms. The minimum Gasteiger partial charge on any atom is -0.456 e. The summed E-state index contributed by atoms with van der Waals surface area (Å²) in [4.78, 5) is 0. The van der Waals surface area contributed by atoms with E-state index in [1.165, 1.54) is 24.3 Å². The Morgan fingerprint density at radius 1 is 1.00 bits per heavy atom. The Morgan fingerprint density at radius 3 is 2.57 bits per heavy atom. The van der Waals surface area contributed by atoms with Crippen molar-refractivity contribution >= 4 is 11.0 Å². The molecular weight excluding hydrogens is 272 g/mol. The average molecular weight is 287 g/mol. The molecule has 0 aliphatic heterocycles. The number of furan rings is 1. The van der Waals surface area contributed by atoms with E-state index in [4.69, 9.17) is 4.42 Å². The first-order chi connectivity index (χ1) is 10.2. The van der Waals surface area contributed by atoms with Crippen LogP contribution in [0.4, 0.5) is 8.78 Å². The Bertz CT molecular complexity index is 780. The molecule has 1 heterocycles. The second kappa shape index (κ2) is 5.66. The quantitative estimate of drug-likeness (QED) is 0.765. The van der Waals surface area contributed by atoms with E-state index >= 15 is 0 Å². The van der Waals surface area contributed by atoms with Gasteiger partial charge in [-0.2, -0.15) is 0 Å². The van der Waals surface area contributed by atoms with E-state index in [1.807, 2.05) is 6.92 Å². The number of halogens is 2. The lowest BCUT2D eigenvalue weighted by Crippen LogP contribution is -2.12. The van der Waals surface area contributed by atoms with Crippen molar-refractivity contribution in [3.63, 3.8) is 0 Å². The van der Waals surface area contributed by atoms with Gasteiger partial charge in [0.1, 0.15) is 23.0 Å². The number of hydrogen-bond donors (Lipinski definition) is 1. The first-order valence-corrected chi connectivity index (χ1v) is 6.86. The lowest BCUT2D eigenvalue weighted by atomic mass is 10.0. The minimum absolute atomic E-state index is 0.284. The summed E-state index contributed by atoms with van der Waals surface area (Å²) in [6.07, 6.45) is 0. The van der Waals surface area contributed by atoms with E-state index in [2.05, 4.69) is 5.32 Å². The molecule has 21 heavy (non-hydrogen) atoms. The second-order valence-electron chi connectivity index (χ2n) is 4.87. The van der Waals surface area contributed by atoms with Gasteiger partial charge in [-0.05, 0) is 54.6 Å². The summed E-state index contributed by atoms with van der Waals surface area (Å²) in [5.74, 6) is 0.0270. The number of nitrogens with one attached hydrogen (secondary N) is 1. The Balaban J connectivity index is 2.08. The average Bonchev–Trinajstić information content (AvgIpc) is 2.87. The third kappa shape index (κ3) is 2.81. The number of hydrogen-bond acceptors (Lipinski definition) is 2. The van der Waals surface area contributed by atoms with Crippen molar-refractivity contribution in [2.24, 2.45) is 0 Å². The van der Waals surface area contributed by atoms with E-state index in [9.17, 15) is 8.78 Å². The van der Waals surface area contributed by atoms with Crippen molar-refractivity contribution in [2.75, 3.05) is 6.54 Å². The molecule has 4 heteroatoms. The first-order valence-electron chi connectivity index (χ1n) is 6.86. The molecule has 1 aromatic heterocycles. The maximum atomic E-state index is 13.4. The molecule has 0 spiro atoms. The number of rotatable bonds is 4. The molecular formula is C17H15F2NO. The van der Waals surface area contributed by atoms with Crippen LogP contribution in [0.15, 0.2) is 46.9 Å². The standard InChI is InChI=1S/C17H15F2NO/c1-2-20-10-12-8-13(18)3-5-15(12)17-9-11-7-14(19)4-6-16(11)21-17/h3-9,20H,2,10H2,1H3. The van der Waals surface area contributed by atoms with Gasteiger partial charge < -0.3 is 9.73 Å². The molecule has 1 N–H and O–H groups in total. The Hall–Kier alpha value is -2.20. The highest BCUT2D eigenvalue weighted by atomic mass is 19.1. The molecule has 0 amide bonds. The Kier molecular flexibility index (Phi) is 3.71. The predicted octanol–water partition coefficient (Wildman–Crippen LogP) is 4.49. The highest BCUT2D eigenvalue weighted by molar-refractivity contribution is 5.83. The summed E-state index contributed by atoms with van der Waals surface area (Å²) < 4.78 is 32.4. The largest absolute Gasteiger partial charge is 0.456 e. The van der Waals surface area contributed by atoms with Crippen LogP contribution in [0.5, 0.6) is 0 Å². The van der Waals surface area contributed by atoms with Gasteiger partial charge in [0.2, 0.25) is 0 Å². The topological polar surface area (TPSA) is 25.2 Å². The molecule has 3 rings (SSSR count). The number of benzene rings is 2. The fourth-order valence-corrected chi connectivity index (χ4v) is 2.36. The number of fused-ring (bicyclic) bond motifs is 1. The normalized spacial score (nSPS) is 11.2. The smallest absolute Gasteiger partial charge is 0.135 e. The third-order valence-electron chi connectivity index (χ3n) is 3.38. The Morgan fingerprint density at radius 2 is 1.76 bits per heavy atom. The molecule has 2 nitrogen and oxygen atoms in total. The predicted molar refractivity (Wildman–Crippen MR) is 78.9 cm³/mol. The van der Waals surface area contributed by atoms with Crippen LogP contribution in [0.3, 0.4) is 0 Å². The molecule has 0 radical (unpaired) electrons. The van der Waals surface area contributed by atoms with Gasteiger partial charge in [-0.3, -0.25) is 0 Å². The first kappa shape index (κ1) is 13.8. The van der Waals surface area contributed by atoms with E-state index in [1.54, 1.807) is 18.2 Å².